The molecule has 1 aromatic carbocycles. The summed E-state index contributed by atoms with van der Waals surface area (Å²) in [5.74, 6) is 0.788. The summed E-state index contributed by atoms with van der Waals surface area (Å²) in [7, 11) is 1.58. The number of amides is 1. The third-order valence-corrected chi connectivity index (χ3v) is 5.32. The van der Waals surface area contributed by atoms with Crippen LogP contribution in [0.15, 0.2) is 18.2 Å². The van der Waals surface area contributed by atoms with Crippen molar-refractivity contribution in [3.05, 3.63) is 23.9 Å². The van der Waals surface area contributed by atoms with E-state index >= 15 is 0 Å². The molecule has 0 bridgehead atoms. The highest BCUT2D eigenvalue weighted by Crippen LogP contribution is 2.31. The van der Waals surface area contributed by atoms with Gasteiger partial charge in [0.15, 0.2) is 0 Å². The van der Waals surface area contributed by atoms with E-state index in [1.54, 1.807) is 20.1 Å². The Morgan fingerprint density at radius 3 is 2.89 bits per heavy atom. The second-order valence-electron chi connectivity index (χ2n) is 7.51. The van der Waals surface area contributed by atoms with Gasteiger partial charge in [0.1, 0.15) is 11.4 Å². The molecule has 2 heterocycles. The minimum absolute atomic E-state index is 0.0972. The molecule has 1 saturated heterocycles. The Kier molecular flexibility index (Phi) is 6.57. The van der Waals surface area contributed by atoms with Crippen LogP contribution in [-0.4, -0.2) is 50.2 Å². The number of rotatable bonds is 7. The lowest BCUT2D eigenvalue weighted by Crippen LogP contribution is -3.13. The summed E-state index contributed by atoms with van der Waals surface area (Å²) >= 11 is 0. The van der Waals surface area contributed by atoms with Crippen LogP contribution in [0.5, 0.6) is 5.75 Å². The fourth-order valence-corrected chi connectivity index (χ4v) is 3.90. The van der Waals surface area contributed by atoms with Gasteiger partial charge in [-0.2, -0.15) is 0 Å². The predicted octanol–water partition coefficient (Wildman–Crippen LogP) is 2.00. The normalized spacial score (nSPS) is 19.4. The van der Waals surface area contributed by atoms with Crippen molar-refractivity contribution in [3.63, 3.8) is 0 Å². The number of hydrogen-bond donors (Lipinski definition) is 3. The number of esters is 1. The smallest absolute Gasteiger partial charge is 0.356 e. The zero-order valence-corrected chi connectivity index (χ0v) is 16.9. The molecule has 7 heteroatoms. The number of H-pyrrole nitrogens is 1. The molecule has 0 aliphatic carbocycles. The average Bonchev–Trinajstić information content (AvgIpc) is 3.04. The van der Waals surface area contributed by atoms with Crippen molar-refractivity contribution < 1.29 is 24.0 Å². The predicted molar refractivity (Wildman–Crippen MR) is 108 cm³/mol. The van der Waals surface area contributed by atoms with E-state index in [0.717, 1.165) is 30.5 Å². The maximum Gasteiger partial charge on any atom is 0.356 e. The standard InChI is InChI=1S/C21H29N3O4/c1-4-28-21(26)20-19(16-12-15(27-3)7-8-17(16)22-20)23-18(25)9-11-24-10-5-6-14(2)13-24/h7-8,12,14,22H,4-6,9-11,13H2,1-3H3,(H,23,25)/p+1/t14-/m0/s1. The Bertz CT molecular complexity index is 846. The minimum atomic E-state index is -0.483. The molecule has 152 valence electrons. The van der Waals surface area contributed by atoms with E-state index in [1.165, 1.54) is 17.7 Å². The molecule has 0 saturated carbocycles. The van der Waals surface area contributed by atoms with Crippen LogP contribution >= 0.6 is 0 Å². The van der Waals surface area contributed by atoms with Crippen molar-refractivity contribution in [1.82, 2.24) is 4.98 Å². The van der Waals surface area contributed by atoms with Crippen LogP contribution in [0.25, 0.3) is 10.9 Å². The van der Waals surface area contributed by atoms with E-state index in [9.17, 15) is 9.59 Å². The van der Waals surface area contributed by atoms with Gasteiger partial charge in [-0.25, -0.2) is 4.79 Å². The number of ether oxygens (including phenoxy) is 2. The molecule has 1 aliphatic rings. The Hall–Kier alpha value is -2.54. The molecule has 3 rings (SSSR count). The molecule has 1 aromatic heterocycles. The van der Waals surface area contributed by atoms with Gasteiger partial charge in [0.05, 0.1) is 45.5 Å². The van der Waals surface area contributed by atoms with Crippen LogP contribution in [0.1, 0.15) is 43.6 Å². The molecule has 7 nitrogen and oxygen atoms in total. The van der Waals surface area contributed by atoms with Crippen molar-refractivity contribution in [2.75, 3.05) is 38.7 Å². The number of benzene rings is 1. The lowest BCUT2D eigenvalue weighted by atomic mass is 10.0. The van der Waals surface area contributed by atoms with Gasteiger partial charge in [-0.1, -0.05) is 6.92 Å². The van der Waals surface area contributed by atoms with Crippen molar-refractivity contribution in [3.8, 4) is 5.75 Å². The van der Waals surface area contributed by atoms with Gasteiger partial charge in [-0.3, -0.25) is 4.79 Å². The number of carbonyl (C=O) groups excluding carboxylic acids is 2. The van der Waals surface area contributed by atoms with Gasteiger partial charge in [-0.05, 0) is 38.0 Å². The number of likely N-dealkylation sites (tertiary alicyclic amines) is 1. The lowest BCUT2D eigenvalue weighted by molar-refractivity contribution is -0.907. The molecule has 2 atom stereocenters. The molecular weight excluding hydrogens is 358 g/mol. The number of quaternary nitrogens is 1. The molecule has 1 unspecified atom stereocenters. The first-order valence-corrected chi connectivity index (χ1v) is 10.0. The largest absolute Gasteiger partial charge is 0.497 e. The Morgan fingerprint density at radius 2 is 2.18 bits per heavy atom. The van der Waals surface area contributed by atoms with Gasteiger partial charge in [-0.15, -0.1) is 0 Å². The SMILES string of the molecule is CCOC(=O)c1[nH]c2ccc(OC)cc2c1NC(=O)CC[NH+]1CCC[C@H](C)C1. The Morgan fingerprint density at radius 1 is 1.36 bits per heavy atom. The van der Waals surface area contributed by atoms with Crippen LogP contribution in [0.2, 0.25) is 0 Å². The van der Waals surface area contributed by atoms with E-state index in [1.807, 2.05) is 12.1 Å². The maximum absolute atomic E-state index is 12.6. The van der Waals surface area contributed by atoms with Crippen LogP contribution < -0.4 is 15.0 Å². The van der Waals surface area contributed by atoms with Crippen LogP contribution in [0.3, 0.4) is 0 Å². The number of anilines is 1. The van der Waals surface area contributed by atoms with E-state index in [2.05, 4.69) is 17.2 Å². The highest BCUT2D eigenvalue weighted by molar-refractivity contribution is 6.11. The van der Waals surface area contributed by atoms with Crippen LogP contribution in [-0.2, 0) is 9.53 Å². The topological polar surface area (TPSA) is 84.9 Å². The molecule has 2 aromatic rings. The molecule has 0 radical (unpaired) electrons. The van der Waals surface area contributed by atoms with E-state index < -0.39 is 5.97 Å². The minimum Gasteiger partial charge on any atom is -0.497 e. The van der Waals surface area contributed by atoms with Gasteiger partial charge < -0.3 is 24.7 Å². The third kappa shape index (κ3) is 4.65. The molecule has 1 fully saturated rings. The lowest BCUT2D eigenvalue weighted by Gasteiger charge is -2.27. The molecule has 3 N–H and O–H groups in total. The van der Waals surface area contributed by atoms with Crippen molar-refractivity contribution in [2.45, 2.75) is 33.1 Å². The Balaban J connectivity index is 1.78. The first-order chi connectivity index (χ1) is 13.5. The zero-order valence-electron chi connectivity index (χ0n) is 16.9. The van der Waals surface area contributed by atoms with Crippen molar-refractivity contribution in [2.24, 2.45) is 5.92 Å². The van der Waals surface area contributed by atoms with Crippen LogP contribution in [0, 0.1) is 5.92 Å². The molecule has 0 spiro atoms. The van der Waals surface area contributed by atoms with Gasteiger partial charge in [0.25, 0.3) is 0 Å². The monoisotopic (exact) mass is 388 g/mol. The number of piperidine rings is 1. The molecule has 1 aliphatic heterocycles. The highest BCUT2D eigenvalue weighted by atomic mass is 16.5. The van der Waals surface area contributed by atoms with Crippen LogP contribution in [0.4, 0.5) is 5.69 Å². The highest BCUT2D eigenvalue weighted by Gasteiger charge is 2.23. The van der Waals surface area contributed by atoms with E-state index in [-0.39, 0.29) is 18.2 Å². The fraction of sp³-hybridized carbons (Fsp3) is 0.524. The van der Waals surface area contributed by atoms with Gasteiger partial charge in [0.2, 0.25) is 5.91 Å². The second kappa shape index (κ2) is 9.10. The Labute approximate surface area is 165 Å². The average molecular weight is 388 g/mol. The fourth-order valence-electron chi connectivity index (χ4n) is 3.90. The number of methoxy groups -OCH3 is 1. The van der Waals surface area contributed by atoms with Crippen molar-refractivity contribution in [1.29, 1.82) is 0 Å². The maximum atomic E-state index is 12.6. The van der Waals surface area contributed by atoms with E-state index in [0.29, 0.717) is 23.8 Å². The summed E-state index contributed by atoms with van der Waals surface area (Å²) in [6, 6.07) is 5.44. The quantitative estimate of drug-likeness (QED) is 0.634. The number of hydrogen-bond acceptors (Lipinski definition) is 4. The number of fused-ring (bicyclic) bond motifs is 1. The summed E-state index contributed by atoms with van der Waals surface area (Å²) in [4.78, 5) is 29.6. The first-order valence-electron chi connectivity index (χ1n) is 10.0. The number of nitrogens with one attached hydrogen (secondary N) is 3. The molecule has 28 heavy (non-hydrogen) atoms. The third-order valence-electron chi connectivity index (χ3n) is 5.32. The number of aromatic amines is 1. The van der Waals surface area contributed by atoms with E-state index in [4.69, 9.17) is 9.47 Å². The summed E-state index contributed by atoms with van der Waals surface area (Å²) in [6.07, 6.45) is 2.91. The summed E-state index contributed by atoms with van der Waals surface area (Å²) in [5.41, 5.74) is 1.46. The summed E-state index contributed by atoms with van der Waals surface area (Å²) < 4.78 is 10.4. The molecule has 1 amide bonds. The van der Waals surface area contributed by atoms with Gasteiger partial charge in [0, 0.05) is 16.8 Å². The van der Waals surface area contributed by atoms with Crippen molar-refractivity contribution >= 4 is 28.5 Å². The zero-order chi connectivity index (χ0) is 20.1. The number of aromatic nitrogens is 1. The molecular formula is C21H30N3O4+. The van der Waals surface area contributed by atoms with Gasteiger partial charge >= 0.3 is 5.97 Å². The summed E-state index contributed by atoms with van der Waals surface area (Å²) in [5, 5.41) is 3.67. The second-order valence-corrected chi connectivity index (χ2v) is 7.51. The summed E-state index contributed by atoms with van der Waals surface area (Å²) in [6.45, 7) is 7.33. The first kappa shape index (κ1) is 20.2. The number of carbonyl (C=O) groups is 2.